The van der Waals surface area contributed by atoms with E-state index in [0.29, 0.717) is 12.3 Å². The average Bonchev–Trinajstić information content (AvgIpc) is 2.13. The Hall–Kier alpha value is -0.570. The normalized spacial score (nSPS) is 27.1. The molecule has 3 nitrogen and oxygen atoms in total. The number of nitrogens with zero attached hydrogens (tertiary/aromatic N) is 1. The van der Waals surface area contributed by atoms with E-state index < -0.39 is 0 Å². The van der Waals surface area contributed by atoms with E-state index in [4.69, 9.17) is 5.73 Å². The number of likely N-dealkylation sites (tertiary alicyclic amines) is 1. The van der Waals surface area contributed by atoms with Gasteiger partial charge in [0.15, 0.2) is 0 Å². The summed E-state index contributed by atoms with van der Waals surface area (Å²) in [5.41, 5.74) is 5.06. The lowest BCUT2D eigenvalue weighted by atomic mass is 10.1. The largest absolute Gasteiger partial charge is 0.370 e. The van der Waals surface area contributed by atoms with Crippen molar-refractivity contribution < 1.29 is 4.79 Å². The van der Waals surface area contributed by atoms with E-state index >= 15 is 0 Å². The smallest absolute Gasteiger partial charge is 0.217 e. The zero-order chi connectivity index (χ0) is 7.56. The van der Waals surface area contributed by atoms with Gasteiger partial charge in [-0.2, -0.15) is 0 Å². The molecule has 0 aromatic rings. The number of carbonyl (C=O) groups excluding carboxylic acids is 1. The molecule has 0 saturated carbocycles. The summed E-state index contributed by atoms with van der Waals surface area (Å²) in [6.45, 7) is 2.14. The summed E-state index contributed by atoms with van der Waals surface area (Å²) in [6.07, 6.45) is 1.68. The minimum absolute atomic E-state index is 0.166. The van der Waals surface area contributed by atoms with Crippen LogP contribution in [0.2, 0.25) is 0 Å². The van der Waals surface area contributed by atoms with Crippen LogP contribution in [-0.4, -0.2) is 30.9 Å². The molecule has 2 N–H and O–H groups in total. The minimum atomic E-state index is -0.166. The van der Waals surface area contributed by atoms with Gasteiger partial charge < -0.3 is 10.6 Å². The molecule has 0 aliphatic carbocycles. The van der Waals surface area contributed by atoms with E-state index in [9.17, 15) is 4.79 Å². The molecule has 0 radical (unpaired) electrons. The van der Waals surface area contributed by atoms with Gasteiger partial charge in [0.25, 0.3) is 0 Å². The predicted molar refractivity (Wildman–Crippen MR) is 39.4 cm³/mol. The highest BCUT2D eigenvalue weighted by Crippen LogP contribution is 2.16. The minimum Gasteiger partial charge on any atom is -0.370 e. The van der Waals surface area contributed by atoms with Crippen molar-refractivity contribution in [3.05, 3.63) is 0 Å². The first kappa shape index (κ1) is 7.54. The Morgan fingerprint density at radius 2 is 2.50 bits per heavy atom. The van der Waals surface area contributed by atoms with Crippen molar-refractivity contribution in [3.8, 4) is 0 Å². The summed E-state index contributed by atoms with van der Waals surface area (Å²) < 4.78 is 0. The van der Waals surface area contributed by atoms with Crippen LogP contribution in [0.25, 0.3) is 0 Å². The third-order valence-electron chi connectivity index (χ3n) is 1.98. The van der Waals surface area contributed by atoms with Crippen molar-refractivity contribution in [2.75, 3.05) is 20.1 Å². The molecular weight excluding hydrogens is 128 g/mol. The second-order valence-electron chi connectivity index (χ2n) is 3.09. The van der Waals surface area contributed by atoms with E-state index in [2.05, 4.69) is 11.9 Å². The van der Waals surface area contributed by atoms with Crippen molar-refractivity contribution in [2.45, 2.75) is 12.8 Å². The summed E-state index contributed by atoms with van der Waals surface area (Å²) in [5, 5.41) is 0. The molecule has 3 heteroatoms. The van der Waals surface area contributed by atoms with E-state index in [1.165, 1.54) is 0 Å². The summed E-state index contributed by atoms with van der Waals surface area (Å²) in [4.78, 5) is 12.7. The number of hydrogen-bond donors (Lipinski definition) is 1. The van der Waals surface area contributed by atoms with Gasteiger partial charge in [-0.05, 0) is 25.9 Å². The third-order valence-corrected chi connectivity index (χ3v) is 1.98. The fourth-order valence-corrected chi connectivity index (χ4v) is 1.48. The van der Waals surface area contributed by atoms with Crippen molar-refractivity contribution in [1.82, 2.24) is 4.90 Å². The van der Waals surface area contributed by atoms with Crippen LogP contribution < -0.4 is 5.73 Å². The lowest BCUT2D eigenvalue weighted by molar-refractivity contribution is -0.118. The lowest BCUT2D eigenvalue weighted by Crippen LogP contribution is -2.19. The van der Waals surface area contributed by atoms with Crippen molar-refractivity contribution in [3.63, 3.8) is 0 Å². The Morgan fingerprint density at radius 1 is 1.80 bits per heavy atom. The second kappa shape index (κ2) is 3.01. The first-order chi connectivity index (χ1) is 4.68. The molecule has 1 heterocycles. The van der Waals surface area contributed by atoms with Crippen LogP contribution in [0.4, 0.5) is 0 Å². The van der Waals surface area contributed by atoms with Gasteiger partial charge in [-0.3, -0.25) is 4.79 Å². The number of amides is 1. The highest BCUT2D eigenvalue weighted by Gasteiger charge is 2.20. The van der Waals surface area contributed by atoms with E-state index in [1.807, 2.05) is 0 Å². The molecule has 0 spiro atoms. The Morgan fingerprint density at radius 3 is 2.90 bits per heavy atom. The highest BCUT2D eigenvalue weighted by molar-refractivity contribution is 5.74. The van der Waals surface area contributed by atoms with Crippen molar-refractivity contribution in [1.29, 1.82) is 0 Å². The average molecular weight is 142 g/mol. The molecule has 1 aliphatic rings. The molecule has 1 amide bonds. The first-order valence-electron chi connectivity index (χ1n) is 3.65. The third kappa shape index (κ3) is 1.99. The maximum Gasteiger partial charge on any atom is 0.217 e. The summed E-state index contributed by atoms with van der Waals surface area (Å²) in [7, 11) is 2.07. The first-order valence-corrected chi connectivity index (χ1v) is 3.65. The number of rotatable bonds is 2. The van der Waals surface area contributed by atoms with Crippen LogP contribution in [0.3, 0.4) is 0 Å². The van der Waals surface area contributed by atoms with Crippen LogP contribution in [0.5, 0.6) is 0 Å². The van der Waals surface area contributed by atoms with Gasteiger partial charge in [-0.1, -0.05) is 0 Å². The van der Waals surface area contributed by atoms with Crippen LogP contribution in [-0.2, 0) is 4.79 Å². The fraction of sp³-hybridized carbons (Fsp3) is 0.857. The summed E-state index contributed by atoms with van der Waals surface area (Å²) in [6, 6.07) is 0. The van der Waals surface area contributed by atoms with Crippen LogP contribution in [0, 0.1) is 5.92 Å². The Labute approximate surface area is 61.2 Å². The van der Waals surface area contributed by atoms with Gasteiger partial charge in [0, 0.05) is 13.0 Å². The van der Waals surface area contributed by atoms with Gasteiger partial charge in [0.05, 0.1) is 0 Å². The van der Waals surface area contributed by atoms with Crippen LogP contribution in [0.15, 0.2) is 0 Å². The number of carbonyl (C=O) groups is 1. The molecule has 1 unspecified atom stereocenters. The van der Waals surface area contributed by atoms with Crippen molar-refractivity contribution in [2.24, 2.45) is 11.7 Å². The number of nitrogens with two attached hydrogens (primary N) is 1. The van der Waals surface area contributed by atoms with Gasteiger partial charge in [0.2, 0.25) is 5.91 Å². The van der Waals surface area contributed by atoms with E-state index in [0.717, 1.165) is 19.5 Å². The molecule has 0 bridgehead atoms. The van der Waals surface area contributed by atoms with Gasteiger partial charge in [-0.15, -0.1) is 0 Å². The fourth-order valence-electron chi connectivity index (χ4n) is 1.48. The Balaban J connectivity index is 2.24. The van der Waals surface area contributed by atoms with Gasteiger partial charge >= 0.3 is 0 Å². The monoisotopic (exact) mass is 142 g/mol. The van der Waals surface area contributed by atoms with Crippen LogP contribution in [0.1, 0.15) is 12.8 Å². The standard InChI is InChI=1S/C7H14N2O/c1-9-3-2-6(5-9)4-7(8)10/h6H,2-5H2,1H3,(H2,8,10). The maximum atomic E-state index is 10.5. The molecule has 1 fully saturated rings. The molecule has 0 aromatic heterocycles. The zero-order valence-corrected chi connectivity index (χ0v) is 6.34. The zero-order valence-electron chi connectivity index (χ0n) is 6.34. The quantitative estimate of drug-likeness (QED) is 0.581. The molecular formula is C7H14N2O. The SMILES string of the molecule is CN1CCC(CC(N)=O)C1. The van der Waals surface area contributed by atoms with Crippen molar-refractivity contribution >= 4 is 5.91 Å². The molecule has 1 aliphatic heterocycles. The van der Waals surface area contributed by atoms with Crippen LogP contribution >= 0.6 is 0 Å². The predicted octanol–water partition coefficient (Wildman–Crippen LogP) is -0.187. The summed E-state index contributed by atoms with van der Waals surface area (Å²) >= 11 is 0. The number of hydrogen-bond acceptors (Lipinski definition) is 2. The summed E-state index contributed by atoms with van der Waals surface area (Å²) in [5.74, 6) is 0.350. The lowest BCUT2D eigenvalue weighted by Gasteiger charge is -2.06. The molecule has 10 heavy (non-hydrogen) atoms. The maximum absolute atomic E-state index is 10.5. The molecule has 58 valence electrons. The van der Waals surface area contributed by atoms with E-state index in [-0.39, 0.29) is 5.91 Å². The highest BCUT2D eigenvalue weighted by atomic mass is 16.1. The Kier molecular flexibility index (Phi) is 2.27. The topological polar surface area (TPSA) is 46.3 Å². The van der Waals surface area contributed by atoms with Gasteiger partial charge in [0.1, 0.15) is 0 Å². The number of primary amides is 1. The molecule has 1 saturated heterocycles. The molecule has 0 aromatic carbocycles. The Bertz CT molecular complexity index is 136. The second-order valence-corrected chi connectivity index (χ2v) is 3.09. The van der Waals surface area contributed by atoms with Gasteiger partial charge in [-0.25, -0.2) is 0 Å². The van der Waals surface area contributed by atoms with E-state index in [1.54, 1.807) is 0 Å². The molecule has 1 atom stereocenters. The molecule has 1 rings (SSSR count).